The van der Waals surface area contributed by atoms with E-state index >= 15 is 0 Å². The lowest BCUT2D eigenvalue weighted by molar-refractivity contribution is -0.250. The van der Waals surface area contributed by atoms with E-state index in [2.05, 4.69) is 6.58 Å². The molecule has 0 aromatic heterocycles. The zero-order valence-corrected chi connectivity index (χ0v) is 15.4. The number of hydrogen-bond acceptors (Lipinski definition) is 6. The van der Waals surface area contributed by atoms with Gasteiger partial charge in [-0.1, -0.05) is 27.4 Å². The van der Waals surface area contributed by atoms with E-state index in [-0.39, 0.29) is 17.8 Å². The average Bonchev–Trinajstić information content (AvgIpc) is 2.97. The van der Waals surface area contributed by atoms with Gasteiger partial charge >= 0.3 is 11.9 Å². The molecular formula is C19H28O6. The Hall–Kier alpha value is -1.40. The van der Waals surface area contributed by atoms with Crippen LogP contribution < -0.4 is 0 Å². The molecule has 0 spiro atoms. The molecule has 0 unspecified atom stereocenters. The van der Waals surface area contributed by atoms with Crippen molar-refractivity contribution in [2.75, 3.05) is 0 Å². The molecule has 140 valence electrons. The molecule has 3 saturated heterocycles. The second kappa shape index (κ2) is 6.09. The van der Waals surface area contributed by atoms with Crippen LogP contribution >= 0.6 is 0 Å². The highest BCUT2D eigenvalue weighted by Gasteiger charge is 2.56. The van der Waals surface area contributed by atoms with Gasteiger partial charge in [-0.3, -0.25) is 4.79 Å². The Labute approximate surface area is 148 Å². The zero-order chi connectivity index (χ0) is 18.6. The van der Waals surface area contributed by atoms with Gasteiger partial charge in [-0.15, -0.1) is 0 Å². The van der Waals surface area contributed by atoms with Gasteiger partial charge in [0.15, 0.2) is 5.79 Å². The largest absolute Gasteiger partial charge is 0.461 e. The first kappa shape index (κ1) is 18.4. The fraction of sp³-hybridized carbons (Fsp3) is 0.789. The number of carbonyl (C=O) groups is 2. The smallest absolute Gasteiger partial charge is 0.334 e. The molecule has 6 nitrogen and oxygen atoms in total. The normalized spacial score (nSPS) is 43.9. The van der Waals surface area contributed by atoms with Crippen LogP contribution in [-0.2, 0) is 23.8 Å². The van der Waals surface area contributed by atoms with Gasteiger partial charge in [-0.2, -0.15) is 0 Å². The van der Waals surface area contributed by atoms with Crippen molar-refractivity contribution in [2.24, 2.45) is 17.8 Å². The minimum Gasteiger partial charge on any atom is -0.461 e. The third-order valence-corrected chi connectivity index (χ3v) is 5.89. The molecule has 0 amide bonds. The van der Waals surface area contributed by atoms with Crippen molar-refractivity contribution in [1.82, 2.24) is 0 Å². The molecule has 0 aromatic rings. The summed E-state index contributed by atoms with van der Waals surface area (Å²) in [6.45, 7) is 11.3. The summed E-state index contributed by atoms with van der Waals surface area (Å²) in [5.41, 5.74) is -0.279. The summed E-state index contributed by atoms with van der Waals surface area (Å²) >= 11 is 0. The fourth-order valence-corrected chi connectivity index (χ4v) is 4.25. The lowest BCUT2D eigenvalue weighted by atomic mass is 9.78. The van der Waals surface area contributed by atoms with E-state index in [1.165, 1.54) is 0 Å². The van der Waals surface area contributed by atoms with Gasteiger partial charge in [0.1, 0.15) is 12.2 Å². The van der Waals surface area contributed by atoms with Gasteiger partial charge in [0.2, 0.25) is 0 Å². The first-order chi connectivity index (χ1) is 11.5. The van der Waals surface area contributed by atoms with E-state index in [1.807, 2.05) is 13.8 Å². The molecule has 0 aromatic carbocycles. The molecule has 2 bridgehead atoms. The maximum Gasteiger partial charge on any atom is 0.334 e. The van der Waals surface area contributed by atoms with E-state index in [0.29, 0.717) is 31.3 Å². The van der Waals surface area contributed by atoms with Crippen LogP contribution in [0.5, 0.6) is 0 Å². The summed E-state index contributed by atoms with van der Waals surface area (Å²) in [5.74, 6) is -2.89. The van der Waals surface area contributed by atoms with Crippen LogP contribution in [0.2, 0.25) is 0 Å². The van der Waals surface area contributed by atoms with Gasteiger partial charge in [0, 0.05) is 24.3 Å². The number of ether oxygens (including phenoxy) is 3. The van der Waals surface area contributed by atoms with Crippen molar-refractivity contribution in [1.29, 1.82) is 0 Å². The monoisotopic (exact) mass is 352 g/mol. The number of rotatable bonds is 2. The number of esters is 2. The number of aliphatic hydroxyl groups is 1. The summed E-state index contributed by atoms with van der Waals surface area (Å²) in [5, 5.41) is 10.9. The number of hydrogen-bond donors (Lipinski definition) is 1. The van der Waals surface area contributed by atoms with Crippen LogP contribution in [0.3, 0.4) is 0 Å². The van der Waals surface area contributed by atoms with Crippen molar-refractivity contribution in [3.05, 3.63) is 12.2 Å². The van der Waals surface area contributed by atoms with Crippen molar-refractivity contribution < 1.29 is 28.9 Å². The molecule has 25 heavy (non-hydrogen) atoms. The summed E-state index contributed by atoms with van der Waals surface area (Å²) in [6.07, 6.45) is 1.01. The van der Waals surface area contributed by atoms with Crippen LogP contribution in [0, 0.1) is 17.8 Å². The molecule has 3 aliphatic rings. The van der Waals surface area contributed by atoms with Crippen molar-refractivity contribution in [3.8, 4) is 0 Å². The second-order valence-electron chi connectivity index (χ2n) is 8.36. The van der Waals surface area contributed by atoms with Crippen LogP contribution in [0.15, 0.2) is 12.2 Å². The van der Waals surface area contributed by atoms with Crippen molar-refractivity contribution in [2.45, 2.75) is 77.0 Å². The minimum atomic E-state index is -1.24. The quantitative estimate of drug-likeness (QED) is 0.607. The third-order valence-electron chi connectivity index (χ3n) is 5.89. The standard InChI is InChI=1S/C19H28O6/c1-10(2)16(20)24-14-9-18(5)6-7-19(22,25-18)11(3)8-13-15(14)12(4)17(21)23-13/h10-11,13-15,22H,4,6-9H2,1-3,5H3/t11-,13+,14-,15-,18-,19+/m0/s1. The molecule has 0 aliphatic carbocycles. The van der Waals surface area contributed by atoms with Crippen molar-refractivity contribution >= 4 is 11.9 Å². The molecule has 3 heterocycles. The van der Waals surface area contributed by atoms with Gasteiger partial charge in [0.05, 0.1) is 17.4 Å². The number of carbonyl (C=O) groups excluding carboxylic acids is 2. The van der Waals surface area contributed by atoms with Gasteiger partial charge in [-0.05, 0) is 19.8 Å². The van der Waals surface area contributed by atoms with Crippen LogP contribution in [0.1, 0.15) is 53.4 Å². The lowest BCUT2D eigenvalue weighted by Crippen LogP contribution is -2.40. The Kier molecular flexibility index (Phi) is 4.48. The molecule has 6 atom stereocenters. The highest BCUT2D eigenvalue weighted by molar-refractivity contribution is 5.91. The SMILES string of the molecule is C=C1C(=O)O[C@@H]2C[C@H](C)[C@@]3(O)CC[C@@](C)(C[C@H](OC(=O)C(C)C)[C@@H]12)O3. The predicted octanol–water partition coefficient (Wildman–Crippen LogP) is 2.34. The maximum absolute atomic E-state index is 12.2. The number of fused-ring (bicyclic) bond motifs is 3. The van der Waals surface area contributed by atoms with E-state index in [4.69, 9.17) is 14.2 Å². The van der Waals surface area contributed by atoms with Gasteiger partial charge < -0.3 is 19.3 Å². The molecule has 3 rings (SSSR count). The van der Waals surface area contributed by atoms with Crippen LogP contribution in [-0.4, -0.2) is 40.6 Å². The molecule has 0 radical (unpaired) electrons. The highest BCUT2D eigenvalue weighted by Crippen LogP contribution is 2.49. The van der Waals surface area contributed by atoms with E-state index < -0.39 is 35.5 Å². The molecule has 0 saturated carbocycles. The summed E-state index contributed by atoms with van der Waals surface area (Å²) in [4.78, 5) is 24.3. The summed E-state index contributed by atoms with van der Waals surface area (Å²) in [7, 11) is 0. The Bertz CT molecular complexity index is 599. The minimum absolute atomic E-state index is 0.208. The lowest BCUT2D eigenvalue weighted by Gasteiger charge is -2.33. The van der Waals surface area contributed by atoms with Gasteiger partial charge in [0.25, 0.3) is 0 Å². The fourth-order valence-electron chi connectivity index (χ4n) is 4.25. The topological polar surface area (TPSA) is 82.1 Å². The van der Waals surface area contributed by atoms with E-state index in [0.717, 1.165) is 0 Å². The first-order valence-electron chi connectivity index (χ1n) is 9.07. The molecular weight excluding hydrogens is 324 g/mol. The van der Waals surface area contributed by atoms with Gasteiger partial charge in [-0.25, -0.2) is 4.79 Å². The molecule has 1 N–H and O–H groups in total. The van der Waals surface area contributed by atoms with Crippen LogP contribution in [0.4, 0.5) is 0 Å². The second-order valence-corrected chi connectivity index (χ2v) is 8.36. The summed E-state index contributed by atoms with van der Waals surface area (Å²) < 4.78 is 17.3. The zero-order valence-electron chi connectivity index (χ0n) is 15.4. The maximum atomic E-state index is 12.2. The highest BCUT2D eigenvalue weighted by atomic mass is 16.6. The average molecular weight is 352 g/mol. The molecule has 6 heteroatoms. The Morgan fingerprint density at radius 2 is 2.08 bits per heavy atom. The van der Waals surface area contributed by atoms with Crippen LogP contribution in [0.25, 0.3) is 0 Å². The Morgan fingerprint density at radius 1 is 1.40 bits per heavy atom. The predicted molar refractivity (Wildman–Crippen MR) is 89.3 cm³/mol. The van der Waals surface area contributed by atoms with E-state index in [9.17, 15) is 14.7 Å². The third kappa shape index (κ3) is 3.22. The van der Waals surface area contributed by atoms with E-state index in [1.54, 1.807) is 13.8 Å². The molecule has 3 fully saturated rings. The Morgan fingerprint density at radius 3 is 2.72 bits per heavy atom. The van der Waals surface area contributed by atoms with Crippen molar-refractivity contribution in [3.63, 3.8) is 0 Å². The first-order valence-corrected chi connectivity index (χ1v) is 9.07. The molecule has 3 aliphatic heterocycles. The summed E-state index contributed by atoms with van der Waals surface area (Å²) in [6, 6.07) is 0. The Balaban J connectivity index is 1.97.